The molecule has 126 valence electrons. The van der Waals surface area contributed by atoms with E-state index in [4.69, 9.17) is 17.0 Å². The number of rotatable bonds is 6. The third-order valence-electron chi connectivity index (χ3n) is 3.58. The summed E-state index contributed by atoms with van der Waals surface area (Å²) >= 11 is 6.32. The van der Waals surface area contributed by atoms with Crippen LogP contribution in [0.2, 0.25) is 5.02 Å². The van der Waals surface area contributed by atoms with E-state index < -0.39 is 0 Å². The van der Waals surface area contributed by atoms with Crippen molar-refractivity contribution >= 4 is 23.5 Å². The summed E-state index contributed by atoms with van der Waals surface area (Å²) in [6.07, 6.45) is 1.98. The van der Waals surface area contributed by atoms with E-state index in [1.165, 1.54) is 11.6 Å². The Morgan fingerprint density at radius 1 is 1.50 bits per heavy atom. The maximum absolute atomic E-state index is 11.5. The van der Waals surface area contributed by atoms with Crippen molar-refractivity contribution < 1.29 is 0 Å². The molecule has 0 spiro atoms. The Morgan fingerprint density at radius 2 is 2.25 bits per heavy atom. The van der Waals surface area contributed by atoms with Gasteiger partial charge in [0.05, 0.1) is 11.7 Å². The second-order valence-corrected chi connectivity index (χ2v) is 5.82. The summed E-state index contributed by atoms with van der Waals surface area (Å²) in [4.78, 5) is 18.3. The average Bonchev–Trinajstić information content (AvgIpc) is 2.54. The number of aromatic amines is 1. The van der Waals surface area contributed by atoms with Crippen LogP contribution in [0.4, 0.5) is 0 Å². The van der Waals surface area contributed by atoms with Crippen LogP contribution in [-0.2, 0) is 6.42 Å². The molecule has 1 aromatic heterocycles. The van der Waals surface area contributed by atoms with Gasteiger partial charge in [0.1, 0.15) is 11.5 Å². The molecule has 7 heteroatoms. The van der Waals surface area contributed by atoms with Crippen LogP contribution < -0.4 is 11.0 Å². The van der Waals surface area contributed by atoms with E-state index >= 15 is 0 Å². The number of nitrogens with one attached hydrogen (secondary N) is 3. The van der Waals surface area contributed by atoms with E-state index in [1.54, 1.807) is 6.92 Å². The molecule has 3 N–H and O–H groups in total. The highest BCUT2D eigenvalue weighted by atomic mass is 35.5. The molecule has 0 amide bonds. The zero-order valence-electron chi connectivity index (χ0n) is 13.9. The fraction of sp³-hybridized carbons (Fsp3) is 0.294. The molecule has 0 aliphatic rings. The third-order valence-corrected chi connectivity index (χ3v) is 3.90. The van der Waals surface area contributed by atoms with E-state index in [-0.39, 0.29) is 17.3 Å². The summed E-state index contributed by atoms with van der Waals surface area (Å²) in [6, 6.07) is 7.10. The van der Waals surface area contributed by atoms with Crippen molar-refractivity contribution in [1.82, 2.24) is 15.4 Å². The third kappa shape index (κ3) is 4.29. The molecule has 0 bridgehead atoms. The summed E-state index contributed by atoms with van der Waals surface area (Å²) in [5.74, 6) is 0.471. The largest absolute Gasteiger partial charge is 0.311 e. The van der Waals surface area contributed by atoms with Gasteiger partial charge in [0.25, 0.3) is 5.56 Å². The molecule has 0 saturated heterocycles. The van der Waals surface area contributed by atoms with Crippen molar-refractivity contribution in [2.45, 2.75) is 33.2 Å². The molecule has 0 aliphatic heterocycles. The monoisotopic (exact) mass is 345 g/mol. The predicted molar refractivity (Wildman–Crippen MR) is 97.3 cm³/mol. The Labute approximate surface area is 145 Å². The van der Waals surface area contributed by atoms with E-state index in [9.17, 15) is 4.79 Å². The number of hydrazone groups is 1. The molecular formula is C17H20ClN5O. The van der Waals surface area contributed by atoms with E-state index in [1.807, 2.05) is 25.1 Å². The van der Waals surface area contributed by atoms with E-state index in [0.717, 1.165) is 18.2 Å². The molecule has 2 rings (SSSR count). The number of nitrogens with zero attached hydrogens (tertiary/aromatic N) is 2. The van der Waals surface area contributed by atoms with Gasteiger partial charge in [0.15, 0.2) is 0 Å². The van der Waals surface area contributed by atoms with Gasteiger partial charge >= 0.3 is 0 Å². The van der Waals surface area contributed by atoms with Crippen LogP contribution in [0, 0.1) is 12.3 Å². The Bertz CT molecular complexity index is 828. The van der Waals surface area contributed by atoms with Crippen LogP contribution in [0.1, 0.15) is 42.5 Å². The van der Waals surface area contributed by atoms with E-state index in [0.29, 0.717) is 16.5 Å². The normalized spacial score (nSPS) is 12.8. The molecule has 1 aromatic carbocycles. The minimum Gasteiger partial charge on any atom is -0.311 e. The molecule has 0 fully saturated rings. The molecular weight excluding hydrogens is 326 g/mol. The van der Waals surface area contributed by atoms with Crippen molar-refractivity contribution in [3.63, 3.8) is 0 Å². The molecule has 2 aromatic rings. The van der Waals surface area contributed by atoms with Crippen LogP contribution in [0.3, 0.4) is 0 Å². The number of aromatic nitrogens is 2. The standard InChI is InChI=1S/C17H20ClN5O/c1-4-12-5-6-13(14(18)7-12)10(2)22-23-16(9-19)15-8-17(24)21-11(3)20-15/h5-10,19,22H,4H2,1-3H3,(H,20,21,24)/b19-9?,23-16+. The lowest BCUT2D eigenvalue weighted by molar-refractivity contribution is 0.606. The van der Waals surface area contributed by atoms with Gasteiger partial charge in [0.2, 0.25) is 0 Å². The van der Waals surface area contributed by atoms with Gasteiger partial charge in [-0.25, -0.2) is 4.98 Å². The van der Waals surface area contributed by atoms with Gasteiger partial charge in [0, 0.05) is 17.3 Å². The molecule has 0 radical (unpaired) electrons. The van der Waals surface area contributed by atoms with Gasteiger partial charge in [-0.05, 0) is 37.5 Å². The molecule has 1 unspecified atom stereocenters. The molecule has 0 aliphatic carbocycles. The number of hydrogen-bond donors (Lipinski definition) is 3. The first kappa shape index (κ1) is 17.9. The first-order valence-electron chi connectivity index (χ1n) is 7.65. The number of hydrogen-bond acceptors (Lipinski definition) is 5. The lowest BCUT2D eigenvalue weighted by atomic mass is 10.1. The average molecular weight is 346 g/mol. The van der Waals surface area contributed by atoms with E-state index in [2.05, 4.69) is 27.4 Å². The van der Waals surface area contributed by atoms with Gasteiger partial charge < -0.3 is 15.8 Å². The lowest BCUT2D eigenvalue weighted by Crippen LogP contribution is -2.20. The highest BCUT2D eigenvalue weighted by Gasteiger charge is 2.11. The number of aryl methyl sites for hydroxylation is 2. The second kappa shape index (κ2) is 7.88. The Balaban J connectivity index is 2.23. The maximum Gasteiger partial charge on any atom is 0.251 e. The molecule has 1 atom stereocenters. The lowest BCUT2D eigenvalue weighted by Gasteiger charge is -2.15. The molecule has 6 nitrogen and oxygen atoms in total. The minimum atomic E-state index is -0.279. The van der Waals surface area contributed by atoms with Crippen molar-refractivity contribution in [2.75, 3.05) is 0 Å². The fourth-order valence-corrected chi connectivity index (χ4v) is 2.62. The summed E-state index contributed by atoms with van der Waals surface area (Å²) in [5, 5.41) is 12.4. The number of benzene rings is 1. The highest BCUT2D eigenvalue weighted by molar-refractivity contribution is 6.36. The molecule has 0 saturated carbocycles. The quantitative estimate of drug-likeness (QED) is 0.555. The number of H-pyrrole nitrogens is 1. The van der Waals surface area contributed by atoms with Crippen molar-refractivity contribution in [3.05, 3.63) is 62.3 Å². The van der Waals surface area contributed by atoms with Crippen molar-refractivity contribution in [1.29, 1.82) is 5.41 Å². The van der Waals surface area contributed by atoms with Crippen LogP contribution in [0.5, 0.6) is 0 Å². The first-order chi connectivity index (χ1) is 11.4. The topological polar surface area (TPSA) is 94.0 Å². The first-order valence-corrected chi connectivity index (χ1v) is 8.02. The zero-order valence-corrected chi connectivity index (χ0v) is 14.6. The number of halogens is 1. The molecule has 24 heavy (non-hydrogen) atoms. The Hall–Kier alpha value is -2.47. The van der Waals surface area contributed by atoms with Gasteiger partial charge in [-0.1, -0.05) is 30.7 Å². The van der Waals surface area contributed by atoms with Crippen LogP contribution in [0.15, 0.2) is 34.2 Å². The summed E-state index contributed by atoms with van der Waals surface area (Å²) < 4.78 is 0. The van der Waals surface area contributed by atoms with Gasteiger partial charge in [-0.3, -0.25) is 4.79 Å². The molecule has 1 heterocycles. The summed E-state index contributed by atoms with van der Waals surface area (Å²) in [7, 11) is 0. The zero-order chi connectivity index (χ0) is 17.7. The fourth-order valence-electron chi connectivity index (χ4n) is 2.25. The van der Waals surface area contributed by atoms with Gasteiger partial charge in [-0.15, -0.1) is 0 Å². The predicted octanol–water partition coefficient (Wildman–Crippen LogP) is 3.00. The Kier molecular flexibility index (Phi) is 5.87. The second-order valence-electron chi connectivity index (χ2n) is 5.42. The van der Waals surface area contributed by atoms with Crippen LogP contribution in [-0.4, -0.2) is 21.9 Å². The van der Waals surface area contributed by atoms with Crippen molar-refractivity contribution in [3.8, 4) is 0 Å². The van der Waals surface area contributed by atoms with Crippen LogP contribution >= 0.6 is 11.6 Å². The maximum atomic E-state index is 11.5. The summed E-state index contributed by atoms with van der Waals surface area (Å²) in [6.45, 7) is 5.68. The minimum absolute atomic E-state index is 0.151. The summed E-state index contributed by atoms with van der Waals surface area (Å²) in [5.41, 5.74) is 5.39. The Morgan fingerprint density at radius 3 is 2.83 bits per heavy atom. The van der Waals surface area contributed by atoms with Crippen molar-refractivity contribution in [2.24, 2.45) is 5.10 Å². The van der Waals surface area contributed by atoms with Gasteiger partial charge in [-0.2, -0.15) is 5.10 Å². The highest BCUT2D eigenvalue weighted by Crippen LogP contribution is 2.24. The SMILES string of the molecule is CCc1ccc(C(C)N/N=C(\C=N)c2cc(=O)[nH]c(C)n2)c(Cl)c1. The van der Waals surface area contributed by atoms with Crippen LogP contribution in [0.25, 0.3) is 0 Å². The smallest absolute Gasteiger partial charge is 0.251 e.